The van der Waals surface area contributed by atoms with Crippen LogP contribution in [0.3, 0.4) is 0 Å². The van der Waals surface area contributed by atoms with Gasteiger partial charge < -0.3 is 9.64 Å². The van der Waals surface area contributed by atoms with Gasteiger partial charge in [-0.15, -0.1) is 0 Å². The van der Waals surface area contributed by atoms with Crippen molar-refractivity contribution in [1.82, 2.24) is 4.90 Å². The third-order valence-corrected chi connectivity index (χ3v) is 2.24. The Balaban J connectivity index is 2.25. The monoisotopic (exact) mass is 143 g/mol. The summed E-state index contributed by atoms with van der Waals surface area (Å²) >= 11 is 0. The van der Waals surface area contributed by atoms with Crippen LogP contribution in [0.1, 0.15) is 19.8 Å². The van der Waals surface area contributed by atoms with E-state index in [1.807, 2.05) is 7.11 Å². The smallest absolute Gasteiger partial charge is 0.0698 e. The fraction of sp³-hybridized carbons (Fsp3) is 1.00. The van der Waals surface area contributed by atoms with Gasteiger partial charge in [0.15, 0.2) is 0 Å². The van der Waals surface area contributed by atoms with Gasteiger partial charge in [0, 0.05) is 13.7 Å². The van der Waals surface area contributed by atoms with Crippen LogP contribution >= 0.6 is 0 Å². The molecule has 0 aromatic rings. The predicted molar refractivity (Wildman–Crippen MR) is 42.1 cm³/mol. The molecule has 2 nitrogen and oxygen atoms in total. The lowest BCUT2D eigenvalue weighted by Crippen LogP contribution is -2.38. The molecule has 1 fully saturated rings. The first-order valence-corrected chi connectivity index (χ1v) is 4.12. The molecule has 60 valence electrons. The number of nitrogens with zero attached hydrogens (tertiary/aromatic N) is 1. The Labute approximate surface area is 63.2 Å². The molecular formula is C8H17NO. The lowest BCUT2D eigenvalue weighted by Gasteiger charge is -2.30. The number of rotatable bonds is 2. The molecule has 1 heterocycles. The fourth-order valence-corrected chi connectivity index (χ4v) is 1.49. The molecule has 2 heteroatoms. The summed E-state index contributed by atoms with van der Waals surface area (Å²) in [6.07, 6.45) is 3.04. The summed E-state index contributed by atoms with van der Waals surface area (Å²) in [4.78, 5) is 2.44. The van der Waals surface area contributed by atoms with E-state index in [9.17, 15) is 0 Å². The number of piperidine rings is 1. The quantitative estimate of drug-likeness (QED) is 0.574. The Hall–Kier alpha value is -0.0800. The summed E-state index contributed by atoms with van der Waals surface area (Å²) in [6.45, 7) is 5.77. The molecule has 0 unspecified atom stereocenters. The number of hydrogen-bond acceptors (Lipinski definition) is 2. The Morgan fingerprint density at radius 3 is 3.00 bits per heavy atom. The maximum absolute atomic E-state index is 5.28. The second-order valence-electron chi connectivity index (χ2n) is 2.89. The third kappa shape index (κ3) is 1.96. The van der Waals surface area contributed by atoms with Crippen LogP contribution in [0.25, 0.3) is 0 Å². The second kappa shape index (κ2) is 3.94. The lowest BCUT2D eigenvalue weighted by atomic mass is 10.1. The van der Waals surface area contributed by atoms with Gasteiger partial charge in [-0.1, -0.05) is 6.92 Å². The van der Waals surface area contributed by atoms with Gasteiger partial charge in [0.1, 0.15) is 0 Å². The van der Waals surface area contributed by atoms with Crippen molar-refractivity contribution < 1.29 is 4.74 Å². The van der Waals surface area contributed by atoms with E-state index in [1.54, 1.807) is 0 Å². The van der Waals surface area contributed by atoms with Crippen LogP contribution in [0.5, 0.6) is 0 Å². The molecule has 1 atom stereocenters. The standard InChI is InChI=1S/C8H17NO/c1-3-9-6-4-5-8(7-9)10-2/h8H,3-7H2,1-2H3/t8-/m1/s1. The summed E-state index contributed by atoms with van der Waals surface area (Å²) in [5, 5.41) is 0. The highest BCUT2D eigenvalue weighted by atomic mass is 16.5. The summed E-state index contributed by atoms with van der Waals surface area (Å²) in [6, 6.07) is 0. The van der Waals surface area contributed by atoms with Gasteiger partial charge in [-0.25, -0.2) is 0 Å². The Kier molecular flexibility index (Phi) is 3.16. The van der Waals surface area contributed by atoms with Crippen LogP contribution in [-0.2, 0) is 4.74 Å². The van der Waals surface area contributed by atoms with Crippen molar-refractivity contribution in [2.45, 2.75) is 25.9 Å². The molecule has 10 heavy (non-hydrogen) atoms. The Morgan fingerprint density at radius 2 is 2.40 bits per heavy atom. The van der Waals surface area contributed by atoms with E-state index in [2.05, 4.69) is 11.8 Å². The molecule has 0 spiro atoms. The summed E-state index contributed by atoms with van der Waals surface area (Å²) < 4.78 is 5.28. The molecule has 0 aliphatic carbocycles. The van der Waals surface area contributed by atoms with Crippen LogP contribution in [0, 0.1) is 0 Å². The van der Waals surface area contributed by atoms with Crippen LogP contribution in [0.2, 0.25) is 0 Å². The van der Waals surface area contributed by atoms with Crippen molar-refractivity contribution in [3.05, 3.63) is 0 Å². The van der Waals surface area contributed by atoms with Gasteiger partial charge in [0.25, 0.3) is 0 Å². The van der Waals surface area contributed by atoms with Crippen molar-refractivity contribution in [3.8, 4) is 0 Å². The Morgan fingerprint density at radius 1 is 1.60 bits per heavy atom. The van der Waals surface area contributed by atoms with E-state index >= 15 is 0 Å². The molecule has 0 amide bonds. The molecule has 1 rings (SSSR count). The van der Waals surface area contributed by atoms with Gasteiger partial charge >= 0.3 is 0 Å². The lowest BCUT2D eigenvalue weighted by molar-refractivity contribution is 0.0334. The van der Waals surface area contributed by atoms with Gasteiger partial charge in [-0.05, 0) is 25.9 Å². The first kappa shape index (κ1) is 8.02. The van der Waals surface area contributed by atoms with E-state index in [4.69, 9.17) is 4.74 Å². The average Bonchev–Trinajstić information content (AvgIpc) is 2.05. The minimum atomic E-state index is 0.494. The predicted octanol–water partition coefficient (Wildman–Crippen LogP) is 1.12. The zero-order valence-corrected chi connectivity index (χ0v) is 6.97. The first-order valence-electron chi connectivity index (χ1n) is 4.12. The number of ether oxygens (including phenoxy) is 1. The van der Waals surface area contributed by atoms with Gasteiger partial charge in [0.05, 0.1) is 6.10 Å². The molecule has 0 saturated carbocycles. The van der Waals surface area contributed by atoms with Gasteiger partial charge in [0.2, 0.25) is 0 Å². The number of methoxy groups -OCH3 is 1. The molecule has 0 radical (unpaired) electrons. The molecule has 1 aliphatic rings. The van der Waals surface area contributed by atoms with Gasteiger partial charge in [-0.3, -0.25) is 0 Å². The highest BCUT2D eigenvalue weighted by Crippen LogP contribution is 2.11. The Bertz CT molecular complexity index is 85.3. The van der Waals surface area contributed by atoms with Crippen LogP contribution in [0.15, 0.2) is 0 Å². The number of hydrogen-bond donors (Lipinski definition) is 0. The largest absolute Gasteiger partial charge is 0.380 e. The van der Waals surface area contributed by atoms with Crippen molar-refractivity contribution >= 4 is 0 Å². The maximum atomic E-state index is 5.28. The molecule has 1 saturated heterocycles. The van der Waals surface area contributed by atoms with E-state index in [1.165, 1.54) is 25.9 Å². The fourth-order valence-electron chi connectivity index (χ4n) is 1.49. The highest BCUT2D eigenvalue weighted by Gasteiger charge is 2.17. The van der Waals surface area contributed by atoms with E-state index in [0.29, 0.717) is 6.10 Å². The minimum absolute atomic E-state index is 0.494. The number of likely N-dealkylation sites (N-methyl/N-ethyl adjacent to an activating group) is 1. The molecule has 0 aromatic carbocycles. The molecule has 0 N–H and O–H groups in total. The van der Waals surface area contributed by atoms with Crippen molar-refractivity contribution in [1.29, 1.82) is 0 Å². The molecule has 0 bridgehead atoms. The molecular weight excluding hydrogens is 126 g/mol. The van der Waals surface area contributed by atoms with Crippen molar-refractivity contribution in [3.63, 3.8) is 0 Å². The first-order chi connectivity index (χ1) is 4.86. The maximum Gasteiger partial charge on any atom is 0.0698 e. The third-order valence-electron chi connectivity index (χ3n) is 2.24. The van der Waals surface area contributed by atoms with E-state index < -0.39 is 0 Å². The second-order valence-corrected chi connectivity index (χ2v) is 2.89. The zero-order valence-electron chi connectivity index (χ0n) is 6.97. The normalized spacial score (nSPS) is 28.8. The van der Waals surface area contributed by atoms with Gasteiger partial charge in [-0.2, -0.15) is 0 Å². The van der Waals surface area contributed by atoms with E-state index in [-0.39, 0.29) is 0 Å². The molecule has 1 aliphatic heterocycles. The van der Waals surface area contributed by atoms with Crippen LogP contribution < -0.4 is 0 Å². The SMILES string of the molecule is CCN1CCC[C@@H](OC)C1. The molecule has 0 aromatic heterocycles. The van der Waals surface area contributed by atoms with Crippen molar-refractivity contribution in [2.75, 3.05) is 26.7 Å². The van der Waals surface area contributed by atoms with Crippen LogP contribution in [-0.4, -0.2) is 37.7 Å². The summed E-state index contributed by atoms with van der Waals surface area (Å²) in [5.41, 5.74) is 0. The highest BCUT2D eigenvalue weighted by molar-refractivity contribution is 4.71. The average molecular weight is 143 g/mol. The minimum Gasteiger partial charge on any atom is -0.380 e. The van der Waals surface area contributed by atoms with Crippen LogP contribution in [0.4, 0.5) is 0 Å². The summed E-state index contributed by atoms with van der Waals surface area (Å²) in [7, 11) is 1.81. The zero-order chi connectivity index (χ0) is 7.40. The van der Waals surface area contributed by atoms with Crippen molar-refractivity contribution in [2.24, 2.45) is 0 Å². The summed E-state index contributed by atoms with van der Waals surface area (Å²) in [5.74, 6) is 0. The van der Waals surface area contributed by atoms with E-state index in [0.717, 1.165) is 6.54 Å². The topological polar surface area (TPSA) is 12.5 Å². The number of likely N-dealkylation sites (tertiary alicyclic amines) is 1.